The predicted molar refractivity (Wildman–Crippen MR) is 88.4 cm³/mol. The first-order valence-electron chi connectivity index (χ1n) is 6.79. The zero-order chi connectivity index (χ0) is 15.4. The molecule has 22 heavy (non-hydrogen) atoms. The Morgan fingerprint density at radius 1 is 1.27 bits per heavy atom. The monoisotopic (exact) mass is 333 g/mol. The Bertz CT molecular complexity index is 755. The van der Waals surface area contributed by atoms with E-state index in [1.807, 2.05) is 17.5 Å². The van der Waals surface area contributed by atoms with E-state index < -0.39 is 0 Å². The Labute approximate surface area is 136 Å². The molecule has 0 saturated heterocycles. The van der Waals surface area contributed by atoms with E-state index in [0.717, 1.165) is 28.3 Å². The lowest BCUT2D eigenvalue weighted by Crippen LogP contribution is -2.33. The maximum Gasteiger partial charge on any atom is 0.254 e. The van der Waals surface area contributed by atoms with Gasteiger partial charge in [-0.2, -0.15) is 20.1 Å². The Morgan fingerprint density at radius 2 is 2.14 bits per heavy atom. The van der Waals surface area contributed by atoms with Crippen LogP contribution in [0.25, 0.3) is 11.0 Å². The summed E-state index contributed by atoms with van der Waals surface area (Å²) in [5, 5.41) is 4.07. The molecule has 1 aromatic carbocycles. The van der Waals surface area contributed by atoms with Crippen LogP contribution in [0.3, 0.4) is 0 Å². The second kappa shape index (κ2) is 6.95. The summed E-state index contributed by atoms with van der Waals surface area (Å²) in [5.74, 6) is -0.0156. The molecule has 5 nitrogen and oxygen atoms in total. The summed E-state index contributed by atoms with van der Waals surface area (Å²) in [6.07, 6.45) is 0. The van der Waals surface area contributed by atoms with Gasteiger partial charge in [0.05, 0.1) is 18.3 Å². The van der Waals surface area contributed by atoms with Crippen molar-refractivity contribution >= 4 is 40.0 Å². The van der Waals surface area contributed by atoms with Crippen molar-refractivity contribution in [2.24, 2.45) is 0 Å². The fraction of sp³-hybridized carbons (Fsp3) is 0.267. The quantitative estimate of drug-likeness (QED) is 0.696. The first-order valence-corrected chi connectivity index (χ1v) is 8.47. The summed E-state index contributed by atoms with van der Waals surface area (Å²) in [7, 11) is 1.64. The molecule has 0 aliphatic heterocycles. The van der Waals surface area contributed by atoms with E-state index in [0.29, 0.717) is 25.3 Å². The van der Waals surface area contributed by atoms with E-state index in [9.17, 15) is 4.79 Å². The van der Waals surface area contributed by atoms with Crippen molar-refractivity contribution in [3.63, 3.8) is 0 Å². The Morgan fingerprint density at radius 3 is 2.91 bits per heavy atom. The number of fused-ring (bicyclic) bond motifs is 1. The fourth-order valence-corrected chi connectivity index (χ4v) is 3.33. The van der Waals surface area contributed by atoms with Gasteiger partial charge in [0.15, 0.2) is 0 Å². The summed E-state index contributed by atoms with van der Waals surface area (Å²) in [4.78, 5) is 14.6. The first kappa shape index (κ1) is 15.1. The van der Waals surface area contributed by atoms with E-state index in [2.05, 4.69) is 14.1 Å². The highest BCUT2D eigenvalue weighted by atomic mass is 32.1. The van der Waals surface area contributed by atoms with Crippen molar-refractivity contribution in [2.75, 3.05) is 20.3 Å². The van der Waals surface area contributed by atoms with Gasteiger partial charge in [-0.3, -0.25) is 4.79 Å². The lowest BCUT2D eigenvalue weighted by Gasteiger charge is -2.22. The number of nitrogens with zero attached hydrogens (tertiary/aromatic N) is 3. The fourth-order valence-electron chi connectivity index (χ4n) is 2.15. The minimum Gasteiger partial charge on any atom is -0.383 e. The van der Waals surface area contributed by atoms with Gasteiger partial charge in [0.1, 0.15) is 11.0 Å². The molecule has 7 heteroatoms. The molecule has 0 saturated carbocycles. The molecule has 3 rings (SSSR count). The molecule has 2 heterocycles. The highest BCUT2D eigenvalue weighted by Gasteiger charge is 2.17. The van der Waals surface area contributed by atoms with Crippen molar-refractivity contribution in [1.29, 1.82) is 0 Å². The summed E-state index contributed by atoms with van der Waals surface area (Å²) in [5.41, 5.74) is 3.35. The third-order valence-corrected chi connectivity index (χ3v) is 4.60. The van der Waals surface area contributed by atoms with Crippen molar-refractivity contribution in [3.8, 4) is 0 Å². The number of benzene rings is 1. The van der Waals surface area contributed by atoms with E-state index in [4.69, 9.17) is 4.74 Å². The molecular formula is C15H15N3O2S2. The van der Waals surface area contributed by atoms with Crippen molar-refractivity contribution in [3.05, 3.63) is 46.2 Å². The predicted octanol–water partition coefficient (Wildman–Crippen LogP) is 3.04. The zero-order valence-corrected chi connectivity index (χ0v) is 13.7. The maximum atomic E-state index is 12.8. The van der Waals surface area contributed by atoms with Crippen molar-refractivity contribution in [1.82, 2.24) is 13.6 Å². The molecule has 0 atom stereocenters. The number of rotatable bonds is 6. The van der Waals surface area contributed by atoms with Crippen molar-refractivity contribution < 1.29 is 9.53 Å². The van der Waals surface area contributed by atoms with Crippen LogP contribution in [0.4, 0.5) is 0 Å². The summed E-state index contributed by atoms with van der Waals surface area (Å²) >= 11 is 2.79. The normalized spacial score (nSPS) is 11.0. The highest BCUT2D eigenvalue weighted by Crippen LogP contribution is 2.17. The molecule has 0 radical (unpaired) electrons. The van der Waals surface area contributed by atoms with Gasteiger partial charge in [-0.15, -0.1) is 0 Å². The third kappa shape index (κ3) is 3.32. The van der Waals surface area contributed by atoms with Crippen LogP contribution in [0.1, 0.15) is 15.9 Å². The second-order valence-corrected chi connectivity index (χ2v) is 6.13. The van der Waals surface area contributed by atoms with E-state index in [1.165, 1.54) is 0 Å². The Balaban J connectivity index is 1.83. The van der Waals surface area contributed by atoms with Gasteiger partial charge >= 0.3 is 0 Å². The number of methoxy groups -OCH3 is 1. The number of thiophene rings is 1. The SMILES string of the molecule is COCCN(Cc1ccsc1)C(=O)c1ccc2nsnc2c1. The molecular weight excluding hydrogens is 318 g/mol. The lowest BCUT2D eigenvalue weighted by atomic mass is 10.1. The number of ether oxygens (including phenoxy) is 1. The molecule has 0 spiro atoms. The van der Waals surface area contributed by atoms with Crippen LogP contribution in [-0.2, 0) is 11.3 Å². The molecule has 0 unspecified atom stereocenters. The molecule has 0 aliphatic rings. The molecule has 114 valence electrons. The van der Waals surface area contributed by atoms with Crippen LogP contribution < -0.4 is 0 Å². The minimum atomic E-state index is -0.0156. The molecule has 2 aromatic heterocycles. The number of carbonyl (C=O) groups is 1. The maximum absolute atomic E-state index is 12.8. The topological polar surface area (TPSA) is 55.3 Å². The van der Waals surface area contributed by atoms with Crippen LogP contribution in [0.2, 0.25) is 0 Å². The van der Waals surface area contributed by atoms with Gasteiger partial charge in [0, 0.05) is 25.8 Å². The molecule has 0 bridgehead atoms. The number of hydrogen-bond acceptors (Lipinski definition) is 6. The average molecular weight is 333 g/mol. The van der Waals surface area contributed by atoms with Crippen LogP contribution >= 0.6 is 23.1 Å². The van der Waals surface area contributed by atoms with E-state index >= 15 is 0 Å². The summed E-state index contributed by atoms with van der Waals surface area (Å²) in [6, 6.07) is 7.48. The van der Waals surface area contributed by atoms with Crippen molar-refractivity contribution in [2.45, 2.75) is 6.54 Å². The van der Waals surface area contributed by atoms with Gasteiger partial charge in [-0.1, -0.05) is 0 Å². The lowest BCUT2D eigenvalue weighted by molar-refractivity contribution is 0.0681. The number of aromatic nitrogens is 2. The number of carbonyl (C=O) groups excluding carboxylic acids is 1. The molecule has 0 aliphatic carbocycles. The first-order chi connectivity index (χ1) is 10.8. The minimum absolute atomic E-state index is 0.0156. The smallest absolute Gasteiger partial charge is 0.254 e. The summed E-state index contributed by atoms with van der Waals surface area (Å²) in [6.45, 7) is 1.65. The third-order valence-electron chi connectivity index (χ3n) is 3.31. The number of amides is 1. The van der Waals surface area contributed by atoms with Gasteiger partial charge < -0.3 is 9.64 Å². The molecule has 0 fully saturated rings. The second-order valence-electron chi connectivity index (χ2n) is 4.82. The van der Waals surface area contributed by atoms with Crippen LogP contribution in [0.5, 0.6) is 0 Å². The molecule has 1 amide bonds. The van der Waals surface area contributed by atoms with Gasteiger partial charge in [0.25, 0.3) is 5.91 Å². The number of hydrogen-bond donors (Lipinski definition) is 0. The van der Waals surface area contributed by atoms with Gasteiger partial charge in [-0.25, -0.2) is 0 Å². The largest absolute Gasteiger partial charge is 0.383 e. The van der Waals surface area contributed by atoms with Gasteiger partial charge in [-0.05, 0) is 40.6 Å². The Kier molecular flexibility index (Phi) is 4.77. The average Bonchev–Trinajstić information content (AvgIpc) is 3.21. The van der Waals surface area contributed by atoms with E-state index in [-0.39, 0.29) is 5.91 Å². The van der Waals surface area contributed by atoms with Crippen LogP contribution in [-0.4, -0.2) is 39.8 Å². The van der Waals surface area contributed by atoms with E-state index in [1.54, 1.807) is 35.5 Å². The standard InChI is InChI=1S/C15H15N3O2S2/c1-20-6-5-18(9-11-4-7-21-10-11)15(19)12-2-3-13-14(8-12)17-22-16-13/h2-4,7-8,10H,5-6,9H2,1H3. The van der Waals surface area contributed by atoms with Gasteiger partial charge in [0.2, 0.25) is 0 Å². The van der Waals surface area contributed by atoms with Crippen LogP contribution in [0.15, 0.2) is 35.0 Å². The zero-order valence-electron chi connectivity index (χ0n) is 12.1. The molecule has 3 aromatic rings. The van der Waals surface area contributed by atoms with Crippen LogP contribution in [0, 0.1) is 0 Å². The molecule has 0 N–H and O–H groups in total. The highest BCUT2D eigenvalue weighted by molar-refractivity contribution is 7.07. The summed E-state index contributed by atoms with van der Waals surface area (Å²) < 4.78 is 13.5. The Hall–Kier alpha value is -1.83.